The first-order chi connectivity index (χ1) is 33.7. The van der Waals surface area contributed by atoms with Gasteiger partial charge in [-0.1, -0.05) is 86.9 Å². The molecule has 4 rings (SSSR count). The van der Waals surface area contributed by atoms with E-state index in [1.807, 2.05) is 32.9 Å². The summed E-state index contributed by atoms with van der Waals surface area (Å²) in [4.78, 5) is 40.0. The van der Waals surface area contributed by atoms with Gasteiger partial charge in [-0.15, -0.1) is 0 Å². The van der Waals surface area contributed by atoms with E-state index in [0.29, 0.717) is 23.1 Å². The lowest BCUT2D eigenvalue weighted by atomic mass is 9.88. The van der Waals surface area contributed by atoms with Gasteiger partial charge in [-0.25, -0.2) is 9.59 Å². The van der Waals surface area contributed by atoms with Gasteiger partial charge in [-0.05, 0) is 90.5 Å². The molecule has 1 unspecified atom stereocenters. The van der Waals surface area contributed by atoms with E-state index < -0.39 is 144 Å². The fourth-order valence-electron chi connectivity index (χ4n) is 8.60. The zero-order valence-corrected chi connectivity index (χ0v) is 44.5. The van der Waals surface area contributed by atoms with Crippen LogP contribution >= 0.6 is 23.2 Å². The van der Waals surface area contributed by atoms with Crippen molar-refractivity contribution in [2.75, 3.05) is 13.7 Å². The molecule has 3 heterocycles. The van der Waals surface area contributed by atoms with Gasteiger partial charge in [-0.2, -0.15) is 0 Å². The molecule has 7 N–H and O–H groups in total. The van der Waals surface area contributed by atoms with E-state index in [2.05, 4.69) is 0 Å². The number of aromatic hydroxyl groups is 2. The fourth-order valence-corrected chi connectivity index (χ4v) is 9.16. The quantitative estimate of drug-likeness (QED) is 0.0655. The molecule has 0 amide bonds. The maximum atomic E-state index is 13.9. The van der Waals surface area contributed by atoms with Crippen LogP contribution in [0.2, 0.25) is 10.0 Å². The Bertz CT molecular complexity index is 2220. The van der Waals surface area contributed by atoms with Gasteiger partial charge in [-0.3, -0.25) is 4.79 Å². The average molecular weight is 1060 g/mol. The zero-order chi connectivity index (χ0) is 54.1. The summed E-state index contributed by atoms with van der Waals surface area (Å²) in [5.74, 6) is -4.78. The van der Waals surface area contributed by atoms with Gasteiger partial charge in [0.25, 0.3) is 0 Å². The summed E-state index contributed by atoms with van der Waals surface area (Å²) in [6, 6.07) is 0. The van der Waals surface area contributed by atoms with Crippen LogP contribution in [0.5, 0.6) is 11.5 Å². The van der Waals surface area contributed by atoms with Gasteiger partial charge in [0.2, 0.25) is 0 Å². The second kappa shape index (κ2) is 26.5. The predicted molar refractivity (Wildman–Crippen MR) is 265 cm³/mol. The smallest absolute Gasteiger partial charge is 0.342 e. The summed E-state index contributed by atoms with van der Waals surface area (Å²) < 4.78 is 47.5. The Kier molecular flexibility index (Phi) is 22.4. The van der Waals surface area contributed by atoms with Crippen LogP contribution in [0.4, 0.5) is 0 Å². The molecule has 72 heavy (non-hydrogen) atoms. The summed E-state index contributed by atoms with van der Waals surface area (Å²) in [7, 11) is 1.26. The molecule has 0 spiro atoms. The molecule has 18 nitrogen and oxygen atoms in total. The van der Waals surface area contributed by atoms with Gasteiger partial charge in [0.15, 0.2) is 36.3 Å². The third-order valence-corrected chi connectivity index (χ3v) is 13.8. The molecule has 1 aromatic rings. The first-order valence-corrected chi connectivity index (χ1v) is 24.9. The minimum atomic E-state index is -1.61. The minimum Gasteiger partial charge on any atom is -0.505 e. The lowest BCUT2D eigenvalue weighted by Crippen LogP contribution is -2.64. The number of carbonyl (C=O) groups is 3. The Labute approximate surface area is 431 Å². The van der Waals surface area contributed by atoms with Gasteiger partial charge in [0.05, 0.1) is 47.5 Å². The minimum absolute atomic E-state index is 0.0372. The molecule has 20 heteroatoms. The lowest BCUT2D eigenvalue weighted by molar-refractivity contribution is -0.333. The van der Waals surface area contributed by atoms with E-state index in [9.17, 15) is 50.1 Å². The van der Waals surface area contributed by atoms with Crippen LogP contribution in [0.3, 0.4) is 0 Å². The second-order valence-electron chi connectivity index (χ2n) is 19.4. The number of hydrogen-bond acceptors (Lipinski definition) is 18. The Morgan fingerprint density at radius 2 is 1.57 bits per heavy atom. The number of phenolic OH excluding ortho intramolecular Hbond substituents is 2. The average Bonchev–Trinajstić information content (AvgIpc) is 3.32. The number of phenols is 2. The normalized spacial score (nSPS) is 31.5. The number of carbonyl (C=O) groups excluding carboxylic acids is 3. The number of aliphatic hydroxyl groups is 5. The van der Waals surface area contributed by atoms with Crippen LogP contribution < -0.4 is 0 Å². The number of halogens is 2. The molecule has 0 aromatic heterocycles. The van der Waals surface area contributed by atoms with Crippen molar-refractivity contribution in [3.05, 3.63) is 79.9 Å². The van der Waals surface area contributed by atoms with E-state index in [1.54, 1.807) is 53.7 Å². The first kappa shape index (κ1) is 60.7. The Balaban J connectivity index is 1.61. The number of methoxy groups -OCH3 is 1. The Hall–Kier alpha value is -3.89. The summed E-state index contributed by atoms with van der Waals surface area (Å²) in [5, 5.41) is 76.5. The molecule has 1 aromatic carbocycles. The van der Waals surface area contributed by atoms with Gasteiger partial charge < -0.3 is 73.6 Å². The Morgan fingerprint density at radius 1 is 0.903 bits per heavy atom. The highest BCUT2D eigenvalue weighted by atomic mass is 35.5. The zero-order valence-electron chi connectivity index (χ0n) is 43.0. The number of rotatable bonds is 13. The number of cyclic esters (lactones) is 1. The molecular weight excluding hydrogens is 983 g/mol. The molecule has 14 atom stereocenters. The van der Waals surface area contributed by atoms with Crippen molar-refractivity contribution in [3.8, 4) is 11.5 Å². The van der Waals surface area contributed by atoms with E-state index in [1.165, 1.54) is 33.1 Å². The van der Waals surface area contributed by atoms with Gasteiger partial charge in [0, 0.05) is 19.4 Å². The summed E-state index contributed by atoms with van der Waals surface area (Å²) in [5.41, 5.74) is 0.318. The molecule has 0 radical (unpaired) electrons. The van der Waals surface area contributed by atoms with Crippen molar-refractivity contribution in [3.63, 3.8) is 0 Å². The van der Waals surface area contributed by atoms with Crippen LogP contribution in [0.25, 0.3) is 0 Å². The second-order valence-corrected chi connectivity index (χ2v) is 20.1. The third-order valence-electron chi connectivity index (χ3n) is 13.0. The van der Waals surface area contributed by atoms with Crippen LogP contribution in [0, 0.1) is 11.8 Å². The molecule has 0 saturated carbocycles. The molecule has 3 aliphatic rings. The molecule has 0 bridgehead atoms. The molecule has 404 valence electrons. The standard InChI is InChI=1S/C52H74Cl2O18/c1-13-30-22-26(6)33(56)18-16-15-17-31(23-66-51-45(65-12)42(61)44(29(9)67-51)69-49(64)35-32(14-2)36(53)39(58)37(54)38(35)57)48(63)68-34(28(8)55)20-19-25(5)21-27(7)43(30)70-50-41(60)40(59)46(52(10,11)72-50)71-47(62)24(3)4/h15-17,19,21-22,24,28-30,33-34,40-46,50-51,55-61H,13-14,18,20,23H2,1-12H3/t28-,29-,30+,33+,34+,40-,41+,42+,43+,44-,45+,46+,50?,51-/m1/s1. The maximum absolute atomic E-state index is 13.9. The van der Waals surface area contributed by atoms with Crippen molar-refractivity contribution in [2.45, 2.75) is 187 Å². The number of benzene rings is 1. The number of aliphatic hydroxyl groups excluding tert-OH is 5. The monoisotopic (exact) mass is 1060 g/mol. The van der Waals surface area contributed by atoms with Crippen LogP contribution in [-0.2, 0) is 53.9 Å². The topological polar surface area (TPSA) is 267 Å². The molecule has 2 saturated heterocycles. The molecule has 0 aliphatic carbocycles. The predicted octanol–water partition coefficient (Wildman–Crippen LogP) is 6.23. The molecule has 3 aliphatic heterocycles. The SMILES string of the molecule is CCc1c(Cl)c(O)c(Cl)c(O)c1C(=O)O[C@H]1[C@H](O)[C@H](OC)[C@H](OCC2=CC=CC[C@H](O)C(C)=C[C@H](CC)[C@@H](OC3OC(C)(C)[C@@H](OC(=O)C(C)C)[C@H](O)[C@@H]3O)C(C)=CC(C)=CC[C@@H]([C@@H](C)O)OC2=O)O[C@@H]1C. The van der Waals surface area contributed by atoms with E-state index in [4.69, 9.17) is 61.1 Å². The highest BCUT2D eigenvalue weighted by Gasteiger charge is 2.53. The highest BCUT2D eigenvalue weighted by Crippen LogP contribution is 2.45. The number of esters is 3. The fraction of sp³-hybridized carbons (Fsp3) is 0.635. The van der Waals surface area contributed by atoms with Crippen LogP contribution in [0.1, 0.15) is 111 Å². The van der Waals surface area contributed by atoms with E-state index in [0.717, 1.165) is 0 Å². The lowest BCUT2D eigenvalue weighted by Gasteiger charge is -2.47. The first-order valence-electron chi connectivity index (χ1n) is 24.2. The number of allylic oxidation sites excluding steroid dienone is 4. The van der Waals surface area contributed by atoms with Crippen molar-refractivity contribution < 1.29 is 88.0 Å². The Morgan fingerprint density at radius 3 is 2.17 bits per heavy atom. The third kappa shape index (κ3) is 14.7. The van der Waals surface area contributed by atoms with Crippen LogP contribution in [-0.4, -0.2) is 153 Å². The van der Waals surface area contributed by atoms with E-state index in [-0.39, 0.29) is 35.4 Å². The van der Waals surface area contributed by atoms with Crippen LogP contribution in [0.15, 0.2) is 58.7 Å². The summed E-state index contributed by atoms with van der Waals surface area (Å²) in [6.07, 6.45) is -5.45. The largest absolute Gasteiger partial charge is 0.505 e. The van der Waals surface area contributed by atoms with Gasteiger partial charge >= 0.3 is 17.9 Å². The molecular formula is C52H74Cl2O18. The van der Waals surface area contributed by atoms with E-state index >= 15 is 0 Å². The van der Waals surface area contributed by atoms with Crippen molar-refractivity contribution in [2.24, 2.45) is 11.8 Å². The maximum Gasteiger partial charge on any atom is 0.342 e. The van der Waals surface area contributed by atoms with Gasteiger partial charge in [0.1, 0.15) is 46.7 Å². The summed E-state index contributed by atoms with van der Waals surface area (Å²) >= 11 is 12.3. The summed E-state index contributed by atoms with van der Waals surface area (Å²) in [6.45, 7) is 18.1. The highest BCUT2D eigenvalue weighted by molar-refractivity contribution is 6.39. The molecule has 2 fully saturated rings. The number of hydrogen-bond donors (Lipinski definition) is 7. The van der Waals surface area contributed by atoms with Crippen molar-refractivity contribution >= 4 is 41.1 Å². The number of ether oxygens (including phenoxy) is 8. The van der Waals surface area contributed by atoms with Crippen molar-refractivity contribution in [1.29, 1.82) is 0 Å². The van der Waals surface area contributed by atoms with Crippen molar-refractivity contribution in [1.82, 2.24) is 0 Å².